The predicted molar refractivity (Wildman–Crippen MR) is 93.9 cm³/mol. The number of carbonyl (C=O) groups excluding carboxylic acids is 1. The number of hydrogen-bond donors (Lipinski definition) is 1. The van der Waals surface area contributed by atoms with Crippen LogP contribution in [0.15, 0.2) is 41.8 Å². The molecule has 0 bridgehead atoms. The Labute approximate surface area is 141 Å². The lowest BCUT2D eigenvalue weighted by atomic mass is 10.2. The monoisotopic (exact) mass is 330 g/mol. The second-order valence-corrected chi connectivity index (χ2v) is 6.92. The third-order valence-electron chi connectivity index (χ3n) is 3.96. The van der Waals surface area contributed by atoms with Crippen LogP contribution in [0.4, 0.5) is 10.5 Å². The molecule has 1 N–H and O–H groups in total. The minimum atomic E-state index is -0.0715. The summed E-state index contributed by atoms with van der Waals surface area (Å²) in [5, 5.41) is 5.03. The number of rotatable bonds is 5. The molecule has 0 aliphatic carbocycles. The Morgan fingerprint density at radius 1 is 1.35 bits per heavy atom. The lowest BCUT2D eigenvalue weighted by Gasteiger charge is -2.25. The van der Waals surface area contributed by atoms with Crippen molar-refractivity contribution < 1.29 is 9.53 Å². The number of amides is 2. The van der Waals surface area contributed by atoms with E-state index in [0.717, 1.165) is 25.1 Å². The molecule has 2 aromatic rings. The second kappa shape index (κ2) is 7.62. The zero-order valence-corrected chi connectivity index (χ0v) is 14.1. The van der Waals surface area contributed by atoms with Gasteiger partial charge >= 0.3 is 6.03 Å². The van der Waals surface area contributed by atoms with E-state index in [-0.39, 0.29) is 12.1 Å². The van der Waals surface area contributed by atoms with Gasteiger partial charge in [-0.05, 0) is 43.3 Å². The van der Waals surface area contributed by atoms with Gasteiger partial charge in [-0.1, -0.05) is 23.8 Å². The first-order chi connectivity index (χ1) is 11.2. The molecule has 0 saturated carbocycles. The molecule has 5 heteroatoms. The van der Waals surface area contributed by atoms with E-state index in [1.165, 1.54) is 10.4 Å². The quantitative estimate of drug-likeness (QED) is 0.889. The summed E-state index contributed by atoms with van der Waals surface area (Å²) in [7, 11) is 0. The van der Waals surface area contributed by atoms with E-state index in [1.807, 2.05) is 47.5 Å². The average Bonchev–Trinajstić information content (AvgIpc) is 3.22. The molecule has 3 rings (SSSR count). The summed E-state index contributed by atoms with van der Waals surface area (Å²) in [4.78, 5) is 15.7. The van der Waals surface area contributed by atoms with Crippen molar-refractivity contribution >= 4 is 23.1 Å². The Morgan fingerprint density at radius 2 is 2.17 bits per heavy atom. The van der Waals surface area contributed by atoms with E-state index in [2.05, 4.69) is 11.4 Å². The number of nitrogens with zero attached hydrogens (tertiary/aromatic N) is 1. The van der Waals surface area contributed by atoms with Gasteiger partial charge in [0.2, 0.25) is 0 Å². The largest absolute Gasteiger partial charge is 0.376 e. The Bertz CT molecular complexity index is 619. The third-order valence-corrected chi connectivity index (χ3v) is 4.83. The molecular formula is C18H22N2O2S. The van der Waals surface area contributed by atoms with E-state index in [0.29, 0.717) is 13.1 Å². The van der Waals surface area contributed by atoms with Crippen LogP contribution in [0.2, 0.25) is 0 Å². The molecule has 1 aliphatic rings. The zero-order valence-electron chi connectivity index (χ0n) is 13.3. The molecular weight excluding hydrogens is 308 g/mol. The van der Waals surface area contributed by atoms with E-state index >= 15 is 0 Å². The summed E-state index contributed by atoms with van der Waals surface area (Å²) in [5.74, 6) is 0. The van der Waals surface area contributed by atoms with Gasteiger partial charge in [-0.15, -0.1) is 11.3 Å². The summed E-state index contributed by atoms with van der Waals surface area (Å²) in [6.45, 7) is 4.09. The van der Waals surface area contributed by atoms with E-state index in [9.17, 15) is 4.79 Å². The van der Waals surface area contributed by atoms with Crippen molar-refractivity contribution in [1.29, 1.82) is 0 Å². The highest BCUT2D eigenvalue weighted by Gasteiger charge is 2.23. The summed E-state index contributed by atoms with van der Waals surface area (Å²) in [6.07, 6.45) is 2.26. The van der Waals surface area contributed by atoms with Gasteiger partial charge in [0.05, 0.1) is 12.6 Å². The van der Waals surface area contributed by atoms with Gasteiger partial charge in [0.1, 0.15) is 0 Å². The highest BCUT2D eigenvalue weighted by molar-refractivity contribution is 7.09. The van der Waals surface area contributed by atoms with Crippen LogP contribution in [-0.2, 0) is 11.3 Å². The van der Waals surface area contributed by atoms with Crippen LogP contribution >= 0.6 is 11.3 Å². The van der Waals surface area contributed by atoms with Gasteiger partial charge < -0.3 is 15.0 Å². The molecule has 2 heterocycles. The number of thiophene rings is 1. The van der Waals surface area contributed by atoms with Crippen LogP contribution < -0.4 is 5.32 Å². The molecule has 1 saturated heterocycles. The number of ether oxygens (including phenoxy) is 1. The van der Waals surface area contributed by atoms with Crippen LogP contribution in [0.25, 0.3) is 0 Å². The van der Waals surface area contributed by atoms with Crippen molar-refractivity contribution in [2.75, 3.05) is 18.5 Å². The van der Waals surface area contributed by atoms with Crippen LogP contribution in [0.1, 0.15) is 23.3 Å². The van der Waals surface area contributed by atoms with E-state index < -0.39 is 0 Å². The van der Waals surface area contributed by atoms with Crippen molar-refractivity contribution in [3.63, 3.8) is 0 Å². The van der Waals surface area contributed by atoms with Gasteiger partial charge in [0.15, 0.2) is 0 Å². The molecule has 1 aliphatic heterocycles. The number of hydrogen-bond acceptors (Lipinski definition) is 3. The lowest BCUT2D eigenvalue weighted by Crippen LogP contribution is -2.39. The number of benzene rings is 1. The molecule has 1 atom stereocenters. The Balaban J connectivity index is 1.67. The third kappa shape index (κ3) is 4.56. The van der Waals surface area contributed by atoms with Crippen molar-refractivity contribution in [2.24, 2.45) is 0 Å². The Hall–Kier alpha value is -1.85. The maximum atomic E-state index is 12.7. The molecule has 23 heavy (non-hydrogen) atoms. The number of nitrogens with one attached hydrogen (secondary N) is 1. The first-order valence-electron chi connectivity index (χ1n) is 7.97. The molecule has 2 amide bonds. The van der Waals surface area contributed by atoms with Gasteiger partial charge in [-0.3, -0.25) is 0 Å². The highest BCUT2D eigenvalue weighted by Crippen LogP contribution is 2.18. The van der Waals surface area contributed by atoms with Crippen molar-refractivity contribution in [3.05, 3.63) is 52.2 Å². The standard InChI is InChI=1S/C18H22N2O2S/c1-14-6-8-15(9-7-14)19-18(21)20(12-16-4-2-10-22-16)13-17-5-3-11-23-17/h3,5-9,11,16H,2,4,10,12-13H2,1H3,(H,19,21). The Morgan fingerprint density at radius 3 is 2.83 bits per heavy atom. The highest BCUT2D eigenvalue weighted by atomic mass is 32.1. The number of carbonyl (C=O) groups is 1. The van der Waals surface area contributed by atoms with E-state index in [4.69, 9.17) is 4.74 Å². The van der Waals surface area contributed by atoms with Crippen molar-refractivity contribution in [1.82, 2.24) is 4.90 Å². The summed E-state index contributed by atoms with van der Waals surface area (Å²) in [5.41, 5.74) is 2.00. The molecule has 1 unspecified atom stereocenters. The number of anilines is 1. The SMILES string of the molecule is Cc1ccc(NC(=O)N(Cc2cccs2)CC2CCCO2)cc1. The van der Waals surface area contributed by atoms with Gasteiger partial charge in [-0.25, -0.2) is 4.79 Å². The van der Waals surface area contributed by atoms with Gasteiger partial charge in [-0.2, -0.15) is 0 Å². The number of aryl methyl sites for hydroxylation is 1. The molecule has 1 fully saturated rings. The average molecular weight is 330 g/mol. The normalized spacial score (nSPS) is 17.2. The van der Waals surface area contributed by atoms with Crippen LogP contribution in [0.5, 0.6) is 0 Å². The van der Waals surface area contributed by atoms with Gasteiger partial charge in [0.25, 0.3) is 0 Å². The molecule has 0 spiro atoms. The smallest absolute Gasteiger partial charge is 0.322 e. The first-order valence-corrected chi connectivity index (χ1v) is 8.85. The van der Waals surface area contributed by atoms with Crippen LogP contribution in [-0.4, -0.2) is 30.2 Å². The summed E-state index contributed by atoms with van der Waals surface area (Å²) in [6, 6.07) is 11.9. The molecule has 0 radical (unpaired) electrons. The first kappa shape index (κ1) is 16.0. The molecule has 4 nitrogen and oxygen atoms in total. The zero-order chi connectivity index (χ0) is 16.1. The maximum absolute atomic E-state index is 12.7. The molecule has 1 aromatic heterocycles. The van der Waals surface area contributed by atoms with Crippen LogP contribution in [0.3, 0.4) is 0 Å². The summed E-state index contributed by atoms with van der Waals surface area (Å²) < 4.78 is 5.70. The fourth-order valence-electron chi connectivity index (χ4n) is 2.68. The molecule has 1 aromatic carbocycles. The molecule has 122 valence electrons. The minimum Gasteiger partial charge on any atom is -0.376 e. The Kier molecular flexibility index (Phi) is 5.31. The number of urea groups is 1. The van der Waals surface area contributed by atoms with Crippen LogP contribution in [0, 0.1) is 6.92 Å². The minimum absolute atomic E-state index is 0.0715. The lowest BCUT2D eigenvalue weighted by molar-refractivity contribution is 0.0821. The summed E-state index contributed by atoms with van der Waals surface area (Å²) >= 11 is 1.67. The van der Waals surface area contributed by atoms with Crippen molar-refractivity contribution in [3.8, 4) is 0 Å². The topological polar surface area (TPSA) is 41.6 Å². The fraction of sp³-hybridized carbons (Fsp3) is 0.389. The maximum Gasteiger partial charge on any atom is 0.322 e. The fourth-order valence-corrected chi connectivity index (χ4v) is 3.40. The second-order valence-electron chi connectivity index (χ2n) is 5.89. The predicted octanol–water partition coefficient (Wildman–Crippen LogP) is 4.27. The van der Waals surface area contributed by atoms with Gasteiger partial charge in [0, 0.05) is 23.7 Å². The van der Waals surface area contributed by atoms with Crippen molar-refractivity contribution in [2.45, 2.75) is 32.4 Å². The van der Waals surface area contributed by atoms with E-state index in [1.54, 1.807) is 11.3 Å².